The van der Waals surface area contributed by atoms with E-state index in [-0.39, 0.29) is 17.9 Å². The van der Waals surface area contributed by atoms with Gasteiger partial charge in [0.15, 0.2) is 0 Å². The van der Waals surface area contributed by atoms with Gasteiger partial charge in [-0.15, -0.1) is 0 Å². The first-order valence-electron chi connectivity index (χ1n) is 9.28. The van der Waals surface area contributed by atoms with Crippen molar-refractivity contribution in [2.24, 2.45) is 0 Å². The fourth-order valence-corrected chi connectivity index (χ4v) is 3.78. The third kappa shape index (κ3) is 3.52. The van der Waals surface area contributed by atoms with Gasteiger partial charge in [0.1, 0.15) is 11.9 Å². The largest absolute Gasteiger partial charge is 0.487 e. The molecule has 1 atom stereocenters. The highest BCUT2D eigenvalue weighted by atomic mass is 16.5. The Morgan fingerprint density at radius 2 is 2.04 bits per heavy atom. The van der Waals surface area contributed by atoms with Crippen molar-refractivity contribution in [2.45, 2.75) is 32.3 Å². The maximum atomic E-state index is 11.9. The number of ether oxygens (including phenoxy) is 1. The maximum Gasteiger partial charge on any atom is 0.227 e. The lowest BCUT2D eigenvalue weighted by molar-refractivity contribution is -0.128. The Balaban J connectivity index is 1.53. The number of hydrogen-bond acceptors (Lipinski definition) is 4. The molecule has 6 heteroatoms. The first-order chi connectivity index (χ1) is 13.0. The average molecular weight is 365 g/mol. The van der Waals surface area contributed by atoms with Crippen LogP contribution >= 0.6 is 0 Å². The highest BCUT2D eigenvalue weighted by Gasteiger charge is 2.26. The van der Waals surface area contributed by atoms with Crippen LogP contribution in [-0.4, -0.2) is 47.9 Å². The second-order valence-electron chi connectivity index (χ2n) is 7.20. The Morgan fingerprint density at radius 3 is 2.81 bits per heavy atom. The third-order valence-electron chi connectivity index (χ3n) is 5.36. The van der Waals surface area contributed by atoms with Crippen LogP contribution in [0.2, 0.25) is 0 Å². The van der Waals surface area contributed by atoms with Crippen molar-refractivity contribution in [3.8, 4) is 16.9 Å². The summed E-state index contributed by atoms with van der Waals surface area (Å²) in [4.78, 5) is 31.2. The van der Waals surface area contributed by atoms with Crippen LogP contribution in [0.25, 0.3) is 11.1 Å². The Morgan fingerprint density at radius 1 is 1.19 bits per heavy atom. The van der Waals surface area contributed by atoms with Crippen molar-refractivity contribution in [1.29, 1.82) is 0 Å². The zero-order valence-corrected chi connectivity index (χ0v) is 15.6. The number of fused-ring (bicyclic) bond motifs is 1. The summed E-state index contributed by atoms with van der Waals surface area (Å²) in [5.74, 6) is 0.960. The standard InChI is InChI=1S/C21H23N3O3/c1-14(25)24-8-7-18(13-24)27-19-10-17(11-22-12-19)15-3-5-20-16(9-15)4-6-21(26)23(20)2/h3,5,9-12,18H,4,6-8,13H2,1-2H3. The van der Waals surface area contributed by atoms with E-state index in [9.17, 15) is 9.59 Å². The lowest BCUT2D eigenvalue weighted by Gasteiger charge is -2.26. The Labute approximate surface area is 158 Å². The molecule has 0 N–H and O–H groups in total. The number of amides is 2. The summed E-state index contributed by atoms with van der Waals surface area (Å²) in [5.41, 5.74) is 4.20. The molecule has 0 spiro atoms. The van der Waals surface area contributed by atoms with E-state index < -0.39 is 0 Å². The maximum absolute atomic E-state index is 11.9. The molecule has 1 saturated heterocycles. The van der Waals surface area contributed by atoms with E-state index in [1.165, 1.54) is 5.56 Å². The molecular weight excluding hydrogens is 342 g/mol. The Bertz CT molecular complexity index is 896. The number of benzene rings is 1. The summed E-state index contributed by atoms with van der Waals surface area (Å²) in [5, 5.41) is 0. The van der Waals surface area contributed by atoms with E-state index in [2.05, 4.69) is 11.1 Å². The summed E-state index contributed by atoms with van der Waals surface area (Å²) >= 11 is 0. The van der Waals surface area contributed by atoms with Crippen LogP contribution < -0.4 is 9.64 Å². The number of anilines is 1. The van der Waals surface area contributed by atoms with E-state index in [1.54, 1.807) is 18.0 Å². The van der Waals surface area contributed by atoms with Crippen molar-refractivity contribution in [1.82, 2.24) is 9.88 Å². The summed E-state index contributed by atoms with van der Waals surface area (Å²) in [7, 11) is 1.82. The van der Waals surface area contributed by atoms with Crippen LogP contribution in [0.3, 0.4) is 0 Å². The predicted molar refractivity (Wildman–Crippen MR) is 103 cm³/mol. The molecule has 2 aliphatic rings. The van der Waals surface area contributed by atoms with Crippen molar-refractivity contribution in [3.63, 3.8) is 0 Å². The van der Waals surface area contributed by atoms with Gasteiger partial charge in [0.05, 0.1) is 12.7 Å². The zero-order chi connectivity index (χ0) is 19.0. The van der Waals surface area contributed by atoms with Crippen molar-refractivity contribution < 1.29 is 14.3 Å². The molecule has 27 heavy (non-hydrogen) atoms. The molecule has 0 bridgehead atoms. The molecule has 1 aromatic carbocycles. The van der Waals surface area contributed by atoms with Gasteiger partial charge in [-0.1, -0.05) is 6.07 Å². The minimum atomic E-state index is 0.00847. The van der Waals surface area contributed by atoms with E-state index in [1.807, 2.05) is 36.3 Å². The molecule has 0 aliphatic carbocycles. The number of aromatic nitrogens is 1. The lowest BCUT2D eigenvalue weighted by Crippen LogP contribution is -2.30. The molecule has 3 heterocycles. The number of aryl methyl sites for hydroxylation is 1. The van der Waals surface area contributed by atoms with E-state index in [4.69, 9.17) is 4.74 Å². The predicted octanol–water partition coefficient (Wildman–Crippen LogP) is 2.66. The number of nitrogens with zero attached hydrogens (tertiary/aromatic N) is 3. The summed E-state index contributed by atoms with van der Waals surface area (Å²) in [6.45, 7) is 2.95. The quantitative estimate of drug-likeness (QED) is 0.839. The molecule has 0 saturated carbocycles. The van der Waals surface area contributed by atoms with Gasteiger partial charge in [0.2, 0.25) is 11.8 Å². The molecule has 1 unspecified atom stereocenters. The first-order valence-corrected chi connectivity index (χ1v) is 9.28. The molecule has 4 rings (SSSR count). The zero-order valence-electron chi connectivity index (χ0n) is 15.6. The summed E-state index contributed by atoms with van der Waals surface area (Å²) in [6.07, 6.45) is 5.69. The number of rotatable bonds is 3. The van der Waals surface area contributed by atoms with E-state index in [0.29, 0.717) is 18.7 Å². The van der Waals surface area contributed by atoms with Gasteiger partial charge in [-0.25, -0.2) is 0 Å². The minimum absolute atomic E-state index is 0.00847. The van der Waals surface area contributed by atoms with Crippen molar-refractivity contribution >= 4 is 17.5 Å². The van der Waals surface area contributed by atoms with E-state index in [0.717, 1.165) is 36.2 Å². The second-order valence-corrected chi connectivity index (χ2v) is 7.20. The smallest absolute Gasteiger partial charge is 0.227 e. The monoisotopic (exact) mass is 365 g/mol. The number of likely N-dealkylation sites (tertiary alicyclic amines) is 1. The molecule has 2 aromatic rings. The second kappa shape index (κ2) is 7.02. The van der Waals surface area contributed by atoms with Gasteiger partial charge in [0.25, 0.3) is 0 Å². The molecule has 140 valence electrons. The van der Waals surface area contributed by atoms with Crippen molar-refractivity contribution in [2.75, 3.05) is 25.0 Å². The molecule has 0 radical (unpaired) electrons. The number of hydrogen-bond donors (Lipinski definition) is 0. The number of carbonyl (C=O) groups is 2. The van der Waals surface area contributed by atoms with Crippen LogP contribution in [-0.2, 0) is 16.0 Å². The number of pyridine rings is 1. The average Bonchev–Trinajstić information content (AvgIpc) is 3.13. The molecule has 2 aliphatic heterocycles. The highest BCUT2D eigenvalue weighted by Crippen LogP contribution is 2.32. The summed E-state index contributed by atoms with van der Waals surface area (Å²) in [6, 6.07) is 8.13. The SMILES string of the molecule is CC(=O)N1CCC(Oc2cncc(-c3ccc4c(c3)CCC(=O)N4C)c2)C1. The molecule has 6 nitrogen and oxygen atoms in total. The van der Waals surface area contributed by atoms with Crippen molar-refractivity contribution in [3.05, 3.63) is 42.2 Å². The van der Waals surface area contributed by atoms with Gasteiger partial charge in [0, 0.05) is 50.8 Å². The Hall–Kier alpha value is -2.89. The van der Waals surface area contributed by atoms with Crippen LogP contribution in [0.5, 0.6) is 5.75 Å². The lowest BCUT2D eigenvalue weighted by atomic mass is 9.97. The van der Waals surface area contributed by atoms with Gasteiger partial charge < -0.3 is 14.5 Å². The molecular formula is C21H23N3O3. The van der Waals surface area contributed by atoms with E-state index >= 15 is 0 Å². The minimum Gasteiger partial charge on any atom is -0.487 e. The Kier molecular flexibility index (Phi) is 4.56. The van der Waals surface area contributed by atoms with Gasteiger partial charge in [-0.05, 0) is 35.7 Å². The first kappa shape index (κ1) is 17.5. The molecule has 1 fully saturated rings. The molecule has 1 aromatic heterocycles. The highest BCUT2D eigenvalue weighted by molar-refractivity contribution is 5.96. The van der Waals surface area contributed by atoms with Gasteiger partial charge in [-0.3, -0.25) is 14.6 Å². The van der Waals surface area contributed by atoms with Crippen LogP contribution in [0.4, 0.5) is 5.69 Å². The fraction of sp³-hybridized carbons (Fsp3) is 0.381. The molecule has 2 amide bonds. The normalized spacial score (nSPS) is 19.2. The van der Waals surface area contributed by atoms with Gasteiger partial charge in [-0.2, -0.15) is 0 Å². The summed E-state index contributed by atoms with van der Waals surface area (Å²) < 4.78 is 6.05. The fourth-order valence-electron chi connectivity index (χ4n) is 3.78. The van der Waals surface area contributed by atoms with Crippen LogP contribution in [0.15, 0.2) is 36.7 Å². The van der Waals surface area contributed by atoms with Gasteiger partial charge >= 0.3 is 0 Å². The third-order valence-corrected chi connectivity index (χ3v) is 5.36. The topological polar surface area (TPSA) is 62.7 Å². The van der Waals surface area contributed by atoms with Crippen LogP contribution in [0, 0.1) is 0 Å². The van der Waals surface area contributed by atoms with Crippen LogP contribution in [0.1, 0.15) is 25.3 Å². The number of carbonyl (C=O) groups excluding carboxylic acids is 2.